The summed E-state index contributed by atoms with van der Waals surface area (Å²) in [5.74, 6) is -0.186. The standard InChI is InChI=1S/C32H41N3O5S/c1-8-28(31(37)33-32(4,5)6)34(21-25-13-12-14-26(20-25)40-7)30(36)22-35(29-18-17-23(2)19-24(29)3)41(38,39)27-15-10-9-11-16-27/h9-20,28H,8,21-22H2,1-7H3,(H,33,37)/t28-/m1/s1. The van der Waals surface area contributed by atoms with Crippen molar-refractivity contribution in [2.75, 3.05) is 18.0 Å². The van der Waals surface area contributed by atoms with E-state index < -0.39 is 34.1 Å². The molecular weight excluding hydrogens is 538 g/mol. The van der Waals surface area contributed by atoms with E-state index in [1.54, 1.807) is 43.5 Å². The van der Waals surface area contributed by atoms with Crippen molar-refractivity contribution in [2.24, 2.45) is 0 Å². The molecule has 9 heteroatoms. The molecule has 0 unspecified atom stereocenters. The predicted molar refractivity (Wildman–Crippen MR) is 162 cm³/mol. The van der Waals surface area contributed by atoms with Crippen molar-refractivity contribution in [1.29, 1.82) is 0 Å². The summed E-state index contributed by atoms with van der Waals surface area (Å²) in [6.45, 7) is 10.8. The predicted octanol–water partition coefficient (Wildman–Crippen LogP) is 5.23. The Bertz CT molecular complexity index is 1470. The first-order chi connectivity index (χ1) is 19.3. The van der Waals surface area contributed by atoms with Crippen molar-refractivity contribution in [3.05, 3.63) is 89.5 Å². The van der Waals surface area contributed by atoms with Gasteiger partial charge in [-0.05, 0) is 82.5 Å². The highest BCUT2D eigenvalue weighted by Crippen LogP contribution is 2.28. The molecule has 0 aliphatic rings. The lowest BCUT2D eigenvalue weighted by Gasteiger charge is -2.35. The summed E-state index contributed by atoms with van der Waals surface area (Å²) in [7, 11) is -2.56. The minimum absolute atomic E-state index is 0.0737. The van der Waals surface area contributed by atoms with Gasteiger partial charge in [0.1, 0.15) is 18.3 Å². The number of hydrogen-bond donors (Lipinski definition) is 1. The summed E-state index contributed by atoms with van der Waals surface area (Å²) in [4.78, 5) is 29.2. The maximum Gasteiger partial charge on any atom is 0.264 e. The fraction of sp³-hybridized carbons (Fsp3) is 0.375. The highest BCUT2D eigenvalue weighted by Gasteiger charge is 2.35. The molecule has 3 rings (SSSR count). The molecule has 0 radical (unpaired) electrons. The summed E-state index contributed by atoms with van der Waals surface area (Å²) in [6.07, 6.45) is 0.340. The van der Waals surface area contributed by atoms with Crippen molar-refractivity contribution >= 4 is 27.5 Å². The number of methoxy groups -OCH3 is 1. The van der Waals surface area contributed by atoms with Gasteiger partial charge in [-0.15, -0.1) is 0 Å². The molecule has 220 valence electrons. The smallest absolute Gasteiger partial charge is 0.264 e. The SMILES string of the molecule is CC[C@H](C(=O)NC(C)(C)C)N(Cc1cccc(OC)c1)C(=O)CN(c1ccc(C)cc1C)S(=O)(=O)c1ccccc1. The minimum atomic E-state index is -4.12. The molecule has 0 saturated heterocycles. The van der Waals surface area contributed by atoms with E-state index in [1.807, 2.05) is 65.8 Å². The third-order valence-electron chi connectivity index (χ3n) is 6.60. The minimum Gasteiger partial charge on any atom is -0.497 e. The molecule has 0 spiro atoms. The van der Waals surface area contributed by atoms with E-state index in [0.29, 0.717) is 23.4 Å². The maximum atomic E-state index is 14.2. The van der Waals surface area contributed by atoms with Gasteiger partial charge in [-0.2, -0.15) is 0 Å². The normalized spacial score (nSPS) is 12.4. The first kappa shape index (κ1) is 31.7. The topological polar surface area (TPSA) is 96.0 Å². The fourth-order valence-electron chi connectivity index (χ4n) is 4.66. The van der Waals surface area contributed by atoms with Crippen LogP contribution in [0.1, 0.15) is 50.8 Å². The van der Waals surface area contributed by atoms with Gasteiger partial charge in [0.25, 0.3) is 10.0 Å². The highest BCUT2D eigenvalue weighted by molar-refractivity contribution is 7.92. The van der Waals surface area contributed by atoms with Crippen LogP contribution in [0.4, 0.5) is 5.69 Å². The number of hydrogen-bond acceptors (Lipinski definition) is 5. The lowest BCUT2D eigenvalue weighted by molar-refractivity contribution is -0.141. The molecule has 3 aromatic rings. The molecule has 1 N–H and O–H groups in total. The molecule has 0 heterocycles. The Morgan fingerprint density at radius 3 is 2.22 bits per heavy atom. The molecule has 0 aliphatic carbocycles. The zero-order chi connectivity index (χ0) is 30.4. The second-order valence-electron chi connectivity index (χ2n) is 11.2. The number of aryl methyl sites for hydroxylation is 2. The third-order valence-corrected chi connectivity index (χ3v) is 8.38. The van der Waals surface area contributed by atoms with Crippen LogP contribution in [0.15, 0.2) is 77.7 Å². The monoisotopic (exact) mass is 579 g/mol. The number of anilines is 1. The van der Waals surface area contributed by atoms with Crippen LogP contribution >= 0.6 is 0 Å². The molecular formula is C32H41N3O5S. The average molecular weight is 580 g/mol. The first-order valence-corrected chi connectivity index (χ1v) is 15.1. The van der Waals surface area contributed by atoms with E-state index in [9.17, 15) is 18.0 Å². The van der Waals surface area contributed by atoms with E-state index in [1.165, 1.54) is 17.0 Å². The van der Waals surface area contributed by atoms with Crippen LogP contribution in [0.25, 0.3) is 0 Å². The van der Waals surface area contributed by atoms with Gasteiger partial charge in [0.15, 0.2) is 0 Å². The Kier molecular flexibility index (Phi) is 10.2. The van der Waals surface area contributed by atoms with Crippen LogP contribution in [-0.2, 0) is 26.2 Å². The number of benzene rings is 3. The van der Waals surface area contributed by atoms with Crippen molar-refractivity contribution in [2.45, 2.75) is 71.0 Å². The summed E-state index contributed by atoms with van der Waals surface area (Å²) in [5, 5.41) is 2.98. The van der Waals surface area contributed by atoms with Crippen LogP contribution in [-0.4, -0.2) is 50.4 Å². The van der Waals surface area contributed by atoms with Crippen LogP contribution in [0.2, 0.25) is 0 Å². The van der Waals surface area contributed by atoms with Crippen LogP contribution in [0, 0.1) is 13.8 Å². The molecule has 0 fully saturated rings. The second-order valence-corrected chi connectivity index (χ2v) is 13.0. The Morgan fingerprint density at radius 1 is 0.951 bits per heavy atom. The number of sulfonamides is 1. The summed E-state index contributed by atoms with van der Waals surface area (Å²) < 4.78 is 34.5. The van der Waals surface area contributed by atoms with Crippen LogP contribution < -0.4 is 14.4 Å². The van der Waals surface area contributed by atoms with E-state index in [4.69, 9.17) is 4.74 Å². The molecule has 0 aliphatic heterocycles. The number of nitrogens with one attached hydrogen (secondary N) is 1. The van der Waals surface area contributed by atoms with Gasteiger partial charge in [0.2, 0.25) is 11.8 Å². The quantitative estimate of drug-likeness (QED) is 0.336. The molecule has 0 bridgehead atoms. The molecule has 8 nitrogen and oxygen atoms in total. The fourth-order valence-corrected chi connectivity index (χ4v) is 6.16. The van der Waals surface area contributed by atoms with Gasteiger partial charge < -0.3 is 15.0 Å². The highest BCUT2D eigenvalue weighted by atomic mass is 32.2. The van der Waals surface area contributed by atoms with Gasteiger partial charge in [0.05, 0.1) is 17.7 Å². The summed E-state index contributed by atoms with van der Waals surface area (Å²) >= 11 is 0. The number of amides is 2. The first-order valence-electron chi connectivity index (χ1n) is 13.7. The summed E-state index contributed by atoms with van der Waals surface area (Å²) in [6, 6.07) is 19.9. The van der Waals surface area contributed by atoms with Crippen molar-refractivity contribution in [1.82, 2.24) is 10.2 Å². The van der Waals surface area contributed by atoms with Crippen molar-refractivity contribution < 1.29 is 22.7 Å². The molecule has 0 saturated carbocycles. The summed E-state index contributed by atoms with van der Waals surface area (Å²) in [5.41, 5.74) is 2.33. The second kappa shape index (κ2) is 13.2. The van der Waals surface area contributed by atoms with E-state index in [-0.39, 0.29) is 17.3 Å². The Labute approximate surface area is 244 Å². The van der Waals surface area contributed by atoms with Gasteiger partial charge in [0, 0.05) is 12.1 Å². The lowest BCUT2D eigenvalue weighted by Crippen LogP contribution is -2.55. The number of ether oxygens (including phenoxy) is 1. The number of nitrogens with zero attached hydrogens (tertiary/aromatic N) is 2. The molecule has 3 aromatic carbocycles. The lowest BCUT2D eigenvalue weighted by atomic mass is 10.1. The maximum absolute atomic E-state index is 14.2. The number of rotatable bonds is 11. The average Bonchev–Trinajstić information content (AvgIpc) is 2.91. The van der Waals surface area contributed by atoms with Crippen LogP contribution in [0.5, 0.6) is 5.75 Å². The molecule has 0 aromatic heterocycles. The van der Waals surface area contributed by atoms with Gasteiger partial charge in [-0.25, -0.2) is 8.42 Å². The zero-order valence-electron chi connectivity index (χ0n) is 25.0. The Hall–Kier alpha value is -3.85. The van der Waals surface area contributed by atoms with E-state index >= 15 is 0 Å². The van der Waals surface area contributed by atoms with Crippen molar-refractivity contribution in [3.8, 4) is 5.75 Å². The Morgan fingerprint density at radius 2 is 1.63 bits per heavy atom. The third kappa shape index (κ3) is 8.10. The number of carbonyl (C=O) groups excluding carboxylic acids is 2. The zero-order valence-corrected chi connectivity index (χ0v) is 25.8. The van der Waals surface area contributed by atoms with Gasteiger partial charge >= 0.3 is 0 Å². The van der Waals surface area contributed by atoms with E-state index in [0.717, 1.165) is 15.4 Å². The van der Waals surface area contributed by atoms with Crippen molar-refractivity contribution in [3.63, 3.8) is 0 Å². The molecule has 41 heavy (non-hydrogen) atoms. The van der Waals surface area contributed by atoms with Gasteiger partial charge in [-0.3, -0.25) is 13.9 Å². The number of carbonyl (C=O) groups is 2. The van der Waals surface area contributed by atoms with E-state index in [2.05, 4.69) is 5.32 Å². The van der Waals surface area contributed by atoms with Gasteiger partial charge in [-0.1, -0.05) is 55.0 Å². The molecule has 1 atom stereocenters. The van der Waals surface area contributed by atoms with Crippen LogP contribution in [0.3, 0.4) is 0 Å². The largest absolute Gasteiger partial charge is 0.497 e. The Balaban J connectivity index is 2.10. The molecule has 2 amide bonds.